The van der Waals surface area contributed by atoms with Crippen LogP contribution < -0.4 is 0 Å². The molecule has 0 aromatic rings. The van der Waals surface area contributed by atoms with Gasteiger partial charge >= 0.3 is 11.8 Å². The predicted molar refractivity (Wildman–Crippen MR) is 45.4 cm³/mol. The molecule has 0 radical (unpaired) electrons. The molecule has 0 rings (SSSR count). The molecule has 0 saturated heterocycles. The van der Waals surface area contributed by atoms with E-state index in [2.05, 4.69) is 11.6 Å². The molecule has 0 nitrogen and oxygen atoms in total. The highest BCUT2D eigenvalue weighted by atomic mass is 35.5. The molecule has 18 heavy (non-hydrogen) atoms. The highest BCUT2D eigenvalue weighted by Crippen LogP contribution is 2.49. The third kappa shape index (κ3) is 3.04. The summed E-state index contributed by atoms with van der Waals surface area (Å²) in [5.74, 6) is -16.7. The molecule has 1 unspecified atom stereocenters. The molecule has 0 fully saturated rings. The fourth-order valence-electron chi connectivity index (χ4n) is 0.905. The lowest BCUT2D eigenvalue weighted by atomic mass is 9.99. The van der Waals surface area contributed by atoms with Gasteiger partial charge in [0, 0.05) is 6.42 Å². The van der Waals surface area contributed by atoms with Gasteiger partial charge in [0.25, 0.3) is 5.92 Å². The Balaban J connectivity index is 5.38. The first-order valence-corrected chi connectivity index (χ1v) is 4.62. The average molecular weight is 309 g/mol. The van der Waals surface area contributed by atoms with Gasteiger partial charge in [-0.15, -0.1) is 0 Å². The van der Waals surface area contributed by atoms with E-state index >= 15 is 0 Å². The van der Waals surface area contributed by atoms with Crippen molar-refractivity contribution < 1.29 is 39.5 Å². The first-order chi connectivity index (χ1) is 7.95. The van der Waals surface area contributed by atoms with Crippen molar-refractivity contribution in [3.63, 3.8) is 0 Å². The molecule has 0 aromatic heterocycles. The van der Waals surface area contributed by atoms with Crippen molar-refractivity contribution in [1.29, 1.82) is 0 Å². The van der Waals surface area contributed by atoms with E-state index in [-0.39, 0.29) is 0 Å². The topological polar surface area (TPSA) is 0 Å². The molecule has 0 aromatic carbocycles. The summed E-state index contributed by atoms with van der Waals surface area (Å²) >= 11 is 4.38. The highest BCUT2D eigenvalue weighted by Gasteiger charge is 2.69. The van der Waals surface area contributed by atoms with Crippen molar-refractivity contribution in [2.45, 2.75) is 30.4 Å². The fraction of sp³-hybridized carbons (Fsp3) is 0.750. The van der Waals surface area contributed by atoms with Crippen LogP contribution in [0.3, 0.4) is 0 Å². The Hall–Kier alpha value is -0.600. The summed E-state index contributed by atoms with van der Waals surface area (Å²) in [6.45, 7) is -1.90. The lowest BCUT2D eigenvalue weighted by Gasteiger charge is -2.31. The molecular weight excluding hydrogens is 303 g/mol. The summed E-state index contributed by atoms with van der Waals surface area (Å²) in [7, 11) is 0. The van der Waals surface area contributed by atoms with Crippen LogP contribution in [0.4, 0.5) is 39.5 Å². The first kappa shape index (κ1) is 17.4. The van der Waals surface area contributed by atoms with Crippen LogP contribution in [0.25, 0.3) is 0 Å². The Labute approximate surface area is 100 Å². The highest BCUT2D eigenvalue weighted by molar-refractivity contribution is 6.30. The second-order valence-corrected chi connectivity index (χ2v) is 3.62. The van der Waals surface area contributed by atoms with Crippen LogP contribution in [0.1, 0.15) is 6.42 Å². The van der Waals surface area contributed by atoms with Crippen molar-refractivity contribution in [3.8, 4) is 0 Å². The average Bonchev–Trinajstić information content (AvgIpc) is 2.26. The molecule has 1 atom stereocenters. The minimum atomic E-state index is -5.99. The predicted octanol–water partition coefficient (Wildman–Crippen LogP) is 4.64. The van der Waals surface area contributed by atoms with Gasteiger partial charge in [-0.25, -0.2) is 17.6 Å². The first-order valence-electron chi connectivity index (χ1n) is 4.25. The second-order valence-electron chi connectivity index (χ2n) is 3.22. The van der Waals surface area contributed by atoms with E-state index in [0.717, 1.165) is 0 Å². The van der Waals surface area contributed by atoms with Crippen LogP contribution in [0.5, 0.6) is 0 Å². The second kappa shape index (κ2) is 5.58. The standard InChI is InChI=1S/C8H6ClF9/c9-4(3-11)7(15,16)8(17,18)5(12)6(13,14)1-2-10/h3,5H,1-2H2. The van der Waals surface area contributed by atoms with Gasteiger partial charge in [0.05, 0.1) is 6.67 Å². The van der Waals surface area contributed by atoms with Gasteiger partial charge in [-0.05, 0) is 0 Å². The van der Waals surface area contributed by atoms with Crippen LogP contribution >= 0.6 is 11.6 Å². The van der Waals surface area contributed by atoms with E-state index in [9.17, 15) is 39.5 Å². The van der Waals surface area contributed by atoms with Gasteiger partial charge in [-0.2, -0.15) is 17.6 Å². The van der Waals surface area contributed by atoms with E-state index in [1.807, 2.05) is 0 Å². The third-order valence-corrected chi connectivity index (χ3v) is 2.25. The van der Waals surface area contributed by atoms with Crippen LogP contribution in [-0.4, -0.2) is 30.6 Å². The molecule has 0 N–H and O–H groups in total. The molecule has 0 spiro atoms. The largest absolute Gasteiger partial charge is 0.351 e. The van der Waals surface area contributed by atoms with Crippen molar-refractivity contribution in [2.24, 2.45) is 0 Å². The van der Waals surface area contributed by atoms with Gasteiger partial charge in [0.2, 0.25) is 6.17 Å². The molecule has 0 aliphatic heterocycles. The zero-order valence-corrected chi connectivity index (χ0v) is 9.10. The van der Waals surface area contributed by atoms with E-state index < -0.39 is 48.4 Å². The smallest absolute Gasteiger partial charge is 0.251 e. The van der Waals surface area contributed by atoms with Crippen LogP contribution in [0, 0.1) is 0 Å². The number of halogens is 10. The van der Waals surface area contributed by atoms with Crippen molar-refractivity contribution in [2.75, 3.05) is 6.67 Å². The molecule has 0 amide bonds. The SMILES string of the molecule is FC=C(Cl)C(F)(F)C(F)(F)C(F)C(F)(F)CCF. The van der Waals surface area contributed by atoms with E-state index in [1.165, 1.54) is 0 Å². The van der Waals surface area contributed by atoms with Gasteiger partial charge in [0.1, 0.15) is 11.4 Å². The Morgan fingerprint density at radius 3 is 1.89 bits per heavy atom. The minimum absolute atomic E-state index is 1.17. The molecule has 108 valence electrons. The molecular formula is C8H6ClF9. The van der Waals surface area contributed by atoms with E-state index in [4.69, 9.17) is 0 Å². The third-order valence-electron chi connectivity index (χ3n) is 1.93. The maximum Gasteiger partial charge on any atom is 0.351 e. The summed E-state index contributed by atoms with van der Waals surface area (Å²) in [5.41, 5.74) is 0. The number of hydrogen-bond acceptors (Lipinski definition) is 0. The van der Waals surface area contributed by atoms with Crippen LogP contribution in [-0.2, 0) is 0 Å². The summed E-state index contributed by atoms with van der Waals surface area (Å²) in [4.78, 5) is 0. The Morgan fingerprint density at radius 1 is 1.11 bits per heavy atom. The number of allylic oxidation sites excluding steroid dienone is 1. The zero-order valence-electron chi connectivity index (χ0n) is 8.35. The zero-order chi connectivity index (χ0) is 14.8. The molecule has 0 heterocycles. The van der Waals surface area contributed by atoms with Gasteiger partial charge in [-0.3, -0.25) is 4.39 Å². The number of hydrogen-bond donors (Lipinski definition) is 0. The summed E-state index contributed by atoms with van der Waals surface area (Å²) in [6.07, 6.45) is -7.91. The summed E-state index contributed by atoms with van der Waals surface area (Å²) < 4.78 is 112. The lowest BCUT2D eigenvalue weighted by molar-refractivity contribution is -0.262. The van der Waals surface area contributed by atoms with Crippen molar-refractivity contribution in [1.82, 2.24) is 0 Å². The Morgan fingerprint density at radius 2 is 1.56 bits per heavy atom. The quantitative estimate of drug-likeness (QED) is 0.627. The molecule has 0 bridgehead atoms. The molecule has 10 heteroatoms. The van der Waals surface area contributed by atoms with Crippen molar-refractivity contribution >= 4 is 11.6 Å². The maximum atomic E-state index is 12.8. The van der Waals surface area contributed by atoms with Crippen molar-refractivity contribution in [3.05, 3.63) is 11.4 Å². The van der Waals surface area contributed by atoms with Gasteiger partial charge in [0.15, 0.2) is 0 Å². The normalized spacial score (nSPS) is 16.9. The van der Waals surface area contributed by atoms with E-state index in [1.54, 1.807) is 0 Å². The fourth-order valence-corrected chi connectivity index (χ4v) is 1.03. The monoisotopic (exact) mass is 308 g/mol. The van der Waals surface area contributed by atoms with E-state index in [0.29, 0.717) is 0 Å². The van der Waals surface area contributed by atoms with Crippen LogP contribution in [0.2, 0.25) is 0 Å². The Kier molecular flexibility index (Phi) is 5.39. The van der Waals surface area contributed by atoms with Gasteiger partial charge < -0.3 is 0 Å². The number of rotatable bonds is 6. The number of alkyl halides is 8. The maximum absolute atomic E-state index is 12.8. The van der Waals surface area contributed by atoms with Crippen LogP contribution in [0.15, 0.2) is 11.4 Å². The minimum Gasteiger partial charge on any atom is -0.251 e. The summed E-state index contributed by atoms with van der Waals surface area (Å²) in [6, 6.07) is 0. The molecule has 0 aliphatic rings. The summed E-state index contributed by atoms with van der Waals surface area (Å²) in [5, 5.41) is -2.44. The lowest BCUT2D eigenvalue weighted by Crippen LogP contribution is -2.55. The molecule has 0 saturated carbocycles. The Bertz CT molecular complexity index is 312. The van der Waals surface area contributed by atoms with Gasteiger partial charge in [-0.1, -0.05) is 11.6 Å². The molecule has 0 aliphatic carbocycles.